The second-order valence-electron chi connectivity index (χ2n) is 12.1. The summed E-state index contributed by atoms with van der Waals surface area (Å²) < 4.78 is 33.3. The van der Waals surface area contributed by atoms with E-state index in [-0.39, 0.29) is 23.7 Å². The summed E-state index contributed by atoms with van der Waals surface area (Å²) in [6.45, 7) is 0. The molecule has 0 spiro atoms. The average Bonchev–Trinajstić information content (AvgIpc) is 3.89. The Labute approximate surface area is 249 Å². The fourth-order valence-electron chi connectivity index (χ4n) is 6.76. The Morgan fingerprint density at radius 3 is 2.62 bits per heavy atom. The van der Waals surface area contributed by atoms with Crippen LogP contribution in [0.25, 0.3) is 11.8 Å². The Hall–Kier alpha value is -3.28. The number of nitrogens with zero attached hydrogens (tertiary/aromatic N) is 6. The zero-order valence-electron chi connectivity index (χ0n) is 23.3. The van der Waals surface area contributed by atoms with Crippen LogP contribution < -0.4 is 0 Å². The summed E-state index contributed by atoms with van der Waals surface area (Å²) in [5.41, 5.74) is 4.05. The van der Waals surface area contributed by atoms with Gasteiger partial charge in [0, 0.05) is 36.6 Å². The van der Waals surface area contributed by atoms with Crippen molar-refractivity contribution in [2.75, 3.05) is 0 Å². The van der Waals surface area contributed by atoms with Gasteiger partial charge in [0.05, 0.1) is 39.8 Å². The molecule has 0 aliphatic heterocycles. The second-order valence-corrected chi connectivity index (χ2v) is 14.4. The number of rotatable bonds is 8. The number of fused-ring (bicyclic) bond motifs is 2. The highest BCUT2D eigenvalue weighted by atomic mass is 32.2. The van der Waals surface area contributed by atoms with Gasteiger partial charge >= 0.3 is 0 Å². The molecule has 0 amide bonds. The van der Waals surface area contributed by atoms with Gasteiger partial charge < -0.3 is 0 Å². The molecule has 3 aromatic heterocycles. The molecule has 3 saturated carbocycles. The monoisotopic (exact) mass is 602 g/mol. The molecular weight excluding hydrogens is 572 g/mol. The molecule has 0 bridgehead atoms. The molecule has 11 heteroatoms. The van der Waals surface area contributed by atoms with Gasteiger partial charge in [-0.15, -0.1) is 11.3 Å². The molecule has 0 radical (unpaired) electrons. The van der Waals surface area contributed by atoms with E-state index in [9.17, 15) is 13.4 Å². The second kappa shape index (κ2) is 9.89. The van der Waals surface area contributed by atoms with Gasteiger partial charge in [-0.25, -0.2) is 22.6 Å². The number of hydrogen-bond acceptors (Lipinski definition) is 6. The third-order valence-corrected chi connectivity index (χ3v) is 11.6. The van der Waals surface area contributed by atoms with Gasteiger partial charge in [0.25, 0.3) is 0 Å². The smallest absolute Gasteiger partial charge is 0.201 e. The number of carbonyl (C=O) groups is 1. The lowest BCUT2D eigenvalue weighted by Crippen LogP contribution is -2.50. The predicted octanol–water partition coefficient (Wildman–Crippen LogP) is 5.63. The molecule has 8 rings (SSSR count). The quantitative estimate of drug-likeness (QED) is 0.244. The molecule has 8 nitrogen and oxygen atoms in total. The molecule has 3 unspecified atom stereocenters. The topological polar surface area (TPSA) is 85.9 Å². The van der Waals surface area contributed by atoms with E-state index in [2.05, 4.69) is 26.0 Å². The number of aromatic nitrogens is 5. The van der Waals surface area contributed by atoms with Gasteiger partial charge in [0.2, 0.25) is 5.78 Å². The van der Waals surface area contributed by atoms with E-state index < -0.39 is 16.4 Å². The first kappa shape index (κ1) is 26.4. The lowest BCUT2D eigenvalue weighted by atomic mass is 9.61. The van der Waals surface area contributed by atoms with E-state index in [4.69, 9.17) is 4.98 Å². The first-order valence-corrected chi connectivity index (χ1v) is 16.6. The van der Waals surface area contributed by atoms with Crippen molar-refractivity contribution in [1.29, 1.82) is 0 Å². The SMILES string of the molecule is Cn1cc(S(=O)N(C2CC2)C2CCC3=Cc4c(cnn4-c4ccc(F)cc4)CC3(C(=O)c3nc(C4CC4)cs3)C2)cn1. The number of aryl methyl sites for hydroxylation is 1. The van der Waals surface area contributed by atoms with Crippen molar-refractivity contribution in [3.05, 3.63) is 81.6 Å². The first-order valence-electron chi connectivity index (χ1n) is 14.6. The maximum atomic E-state index is 14.7. The number of allylic oxidation sites excluding steroid dienone is 1. The van der Waals surface area contributed by atoms with Crippen LogP contribution in [-0.2, 0) is 24.5 Å². The van der Waals surface area contributed by atoms with Gasteiger partial charge in [0.15, 0.2) is 5.01 Å². The third kappa shape index (κ3) is 4.44. The van der Waals surface area contributed by atoms with Crippen LogP contribution in [0.3, 0.4) is 0 Å². The van der Waals surface area contributed by atoms with Crippen molar-refractivity contribution in [3.8, 4) is 5.69 Å². The van der Waals surface area contributed by atoms with Crippen molar-refractivity contribution >= 4 is 34.2 Å². The zero-order chi connectivity index (χ0) is 28.6. The summed E-state index contributed by atoms with van der Waals surface area (Å²) in [5, 5.41) is 11.6. The molecule has 42 heavy (non-hydrogen) atoms. The average molecular weight is 603 g/mol. The number of thiazole rings is 1. The van der Waals surface area contributed by atoms with Crippen molar-refractivity contribution in [2.24, 2.45) is 12.5 Å². The minimum Gasteiger partial charge on any atom is -0.290 e. The van der Waals surface area contributed by atoms with Gasteiger partial charge in [-0.1, -0.05) is 5.57 Å². The molecule has 4 aromatic rings. The molecule has 3 atom stereocenters. The number of benzene rings is 1. The lowest BCUT2D eigenvalue weighted by molar-refractivity contribution is 0.0742. The summed E-state index contributed by atoms with van der Waals surface area (Å²) in [6.07, 6.45) is 14.4. The Morgan fingerprint density at radius 2 is 1.90 bits per heavy atom. The summed E-state index contributed by atoms with van der Waals surface area (Å²) in [6, 6.07) is 6.55. The van der Waals surface area contributed by atoms with Gasteiger partial charge in [-0.3, -0.25) is 9.48 Å². The normalized spacial score (nSPS) is 24.3. The molecule has 1 aromatic carbocycles. The summed E-state index contributed by atoms with van der Waals surface area (Å²) in [7, 11) is 0.480. The van der Waals surface area contributed by atoms with E-state index in [1.807, 2.05) is 24.1 Å². The van der Waals surface area contributed by atoms with Crippen molar-refractivity contribution in [2.45, 2.75) is 74.3 Å². The Balaban J connectivity index is 1.19. The number of Topliss-reactive ketones (excluding diaryl/α,β-unsaturated/α-hetero) is 1. The van der Waals surface area contributed by atoms with Crippen molar-refractivity contribution in [1.82, 2.24) is 28.9 Å². The highest BCUT2D eigenvalue weighted by Crippen LogP contribution is 2.53. The highest BCUT2D eigenvalue weighted by Gasteiger charge is 2.53. The summed E-state index contributed by atoms with van der Waals surface area (Å²) in [5.74, 6) is 0.256. The minimum atomic E-state index is -1.36. The first-order chi connectivity index (χ1) is 20.4. The van der Waals surface area contributed by atoms with E-state index in [1.165, 1.54) is 23.5 Å². The van der Waals surface area contributed by atoms with Gasteiger partial charge in [0.1, 0.15) is 16.8 Å². The fraction of sp³-hybridized carbons (Fsp3) is 0.419. The molecule has 4 aliphatic rings. The number of carbonyl (C=O) groups excluding carboxylic acids is 1. The maximum Gasteiger partial charge on any atom is 0.201 e. The number of ketones is 1. The van der Waals surface area contributed by atoms with Gasteiger partial charge in [-0.2, -0.15) is 10.2 Å². The molecule has 3 fully saturated rings. The maximum absolute atomic E-state index is 14.7. The van der Waals surface area contributed by atoms with Gasteiger partial charge in [-0.05, 0) is 87.3 Å². The minimum absolute atomic E-state index is 0.0174. The number of halogens is 1. The van der Waals surface area contributed by atoms with Crippen LogP contribution in [0.4, 0.5) is 4.39 Å². The van der Waals surface area contributed by atoms with Crippen LogP contribution in [0, 0.1) is 11.2 Å². The van der Waals surface area contributed by atoms with Crippen molar-refractivity contribution < 1.29 is 13.4 Å². The van der Waals surface area contributed by atoms with Crippen LogP contribution in [-0.4, -0.2) is 50.9 Å². The Morgan fingerprint density at radius 1 is 1.10 bits per heavy atom. The summed E-state index contributed by atoms with van der Waals surface area (Å²) in [4.78, 5) is 20.2. The molecule has 3 heterocycles. The van der Waals surface area contributed by atoms with Crippen LogP contribution in [0.2, 0.25) is 0 Å². The van der Waals surface area contributed by atoms with Crippen LogP contribution in [0.1, 0.15) is 77.6 Å². The van der Waals surface area contributed by atoms with E-state index in [0.29, 0.717) is 28.7 Å². The fourth-order valence-corrected chi connectivity index (χ4v) is 9.25. The molecular formula is C31H31FN6O2S2. The van der Waals surface area contributed by atoms with Crippen LogP contribution in [0.5, 0.6) is 0 Å². The molecule has 0 N–H and O–H groups in total. The molecule has 4 aliphatic carbocycles. The van der Waals surface area contributed by atoms with E-state index in [1.54, 1.807) is 23.0 Å². The molecule has 216 valence electrons. The van der Waals surface area contributed by atoms with E-state index in [0.717, 1.165) is 66.7 Å². The zero-order valence-corrected chi connectivity index (χ0v) is 24.9. The predicted molar refractivity (Wildman–Crippen MR) is 158 cm³/mol. The Bertz CT molecular complexity index is 1750. The number of hydrogen-bond donors (Lipinski definition) is 0. The Kier molecular flexibility index (Phi) is 6.20. The standard InChI is InChI=1S/C31H31FN6O2S2/c1-36-17-26(16-33-36)42(40)38(24-10-11-24)25-7-4-21-12-28-20(15-34-37(28)23-8-5-22(32)6-9-23)13-31(21,14-25)29(39)30-35-27(18-41-30)19-2-3-19/h5-6,8-9,12,15-19,24-25H,2-4,7,10-11,13-14H2,1H3. The lowest BCUT2D eigenvalue weighted by Gasteiger charge is -2.46. The van der Waals surface area contributed by atoms with Crippen LogP contribution in [0.15, 0.2) is 58.7 Å². The largest absolute Gasteiger partial charge is 0.290 e. The highest BCUT2D eigenvalue weighted by molar-refractivity contribution is 7.82. The van der Waals surface area contributed by atoms with E-state index >= 15 is 0 Å². The summed E-state index contributed by atoms with van der Waals surface area (Å²) >= 11 is 1.46. The van der Waals surface area contributed by atoms with Crippen LogP contribution >= 0.6 is 11.3 Å². The molecule has 0 saturated heterocycles. The van der Waals surface area contributed by atoms with Crippen molar-refractivity contribution in [3.63, 3.8) is 0 Å². The third-order valence-electron chi connectivity index (χ3n) is 9.19.